The second kappa shape index (κ2) is 34.3. The SMILES string of the molecule is CSCCC(CC(=O)C(Cc1cn(C(=O)OC(C)(C)C)c2ccccc12)NC(=O)CCC(=O)C(Cc1ccc(OC(C)(C)C)cc1)NC(=O)C(C)CC(=O)C(C)CCC(=O)OC(C)(C)C)C(=O)NC(CC(=O)OC(C)(C)C)C(=O)CC(Cc1ccc(O)cc1)C(C)=O. The van der Waals surface area contributed by atoms with Gasteiger partial charge in [-0.3, -0.25) is 52.5 Å². The molecule has 4 aromatic rings. The number of hydrogen-bond donors (Lipinski definition) is 4. The molecule has 0 aliphatic heterocycles. The van der Waals surface area contributed by atoms with E-state index < -0.39 is 143 Å². The van der Waals surface area contributed by atoms with E-state index in [-0.39, 0.29) is 68.7 Å². The van der Waals surface area contributed by atoms with E-state index in [0.717, 1.165) is 0 Å². The second-order valence-corrected chi connectivity index (χ2v) is 28.9. The zero-order valence-corrected chi connectivity index (χ0v) is 57.5. The predicted octanol–water partition coefficient (Wildman–Crippen LogP) is 10.7. The quantitative estimate of drug-likeness (QED) is 0.0250. The van der Waals surface area contributed by atoms with Gasteiger partial charge < -0.3 is 40.0 Å². The third-order valence-electron chi connectivity index (χ3n) is 14.8. The van der Waals surface area contributed by atoms with E-state index in [0.29, 0.717) is 39.1 Å². The fourth-order valence-electron chi connectivity index (χ4n) is 10.1. The van der Waals surface area contributed by atoms with Gasteiger partial charge in [0.1, 0.15) is 45.5 Å². The minimum atomic E-state index is -1.48. The lowest BCUT2D eigenvalue weighted by atomic mass is 9.88. The highest BCUT2D eigenvalue weighted by atomic mass is 32.2. The number of Topliss-reactive ketones (excluding diaryl/α,β-unsaturated/α-hetero) is 5. The summed E-state index contributed by atoms with van der Waals surface area (Å²) in [6, 6.07) is 16.0. The molecule has 504 valence electrons. The summed E-state index contributed by atoms with van der Waals surface area (Å²) in [7, 11) is 0. The summed E-state index contributed by atoms with van der Waals surface area (Å²) in [4.78, 5) is 153. The van der Waals surface area contributed by atoms with Crippen LogP contribution < -0.4 is 20.7 Å². The lowest BCUT2D eigenvalue weighted by Gasteiger charge is -2.26. The van der Waals surface area contributed by atoms with Crippen LogP contribution in [0.4, 0.5) is 4.79 Å². The number of rotatable bonds is 34. The minimum absolute atomic E-state index is 0.00138. The number of phenolic OH excluding ortho intramolecular Hbond substituents is 1. The van der Waals surface area contributed by atoms with Gasteiger partial charge in [-0.1, -0.05) is 56.3 Å². The summed E-state index contributed by atoms with van der Waals surface area (Å²) in [6.45, 7) is 25.6. The number of benzene rings is 3. The van der Waals surface area contributed by atoms with Gasteiger partial charge in [-0.15, -0.1) is 0 Å². The fraction of sp³-hybridized carbons (Fsp3) is 0.563. The molecule has 0 saturated heterocycles. The van der Waals surface area contributed by atoms with Crippen molar-refractivity contribution in [2.24, 2.45) is 23.7 Å². The van der Waals surface area contributed by atoms with Crippen LogP contribution in [-0.2, 0) is 81.4 Å². The maximum Gasteiger partial charge on any atom is 0.419 e. The lowest BCUT2D eigenvalue weighted by molar-refractivity contribution is -0.157. The first kappa shape index (κ1) is 76.8. The predicted molar refractivity (Wildman–Crippen MR) is 353 cm³/mol. The number of para-hydroxylation sites is 1. The molecule has 7 unspecified atom stereocenters. The van der Waals surface area contributed by atoms with Crippen molar-refractivity contribution in [1.29, 1.82) is 0 Å². The number of esters is 2. The van der Waals surface area contributed by atoms with Crippen molar-refractivity contribution in [1.82, 2.24) is 20.5 Å². The number of aromatic nitrogens is 1. The molecule has 1 heterocycles. The van der Waals surface area contributed by atoms with Gasteiger partial charge in [0.25, 0.3) is 0 Å². The van der Waals surface area contributed by atoms with Crippen molar-refractivity contribution < 1.29 is 76.8 Å². The average molecular weight is 1300 g/mol. The van der Waals surface area contributed by atoms with E-state index in [2.05, 4.69) is 16.0 Å². The molecule has 0 fully saturated rings. The van der Waals surface area contributed by atoms with Crippen molar-refractivity contribution in [2.75, 3.05) is 12.0 Å². The van der Waals surface area contributed by atoms with Crippen LogP contribution in [0.25, 0.3) is 10.9 Å². The van der Waals surface area contributed by atoms with Crippen LogP contribution >= 0.6 is 11.8 Å². The highest BCUT2D eigenvalue weighted by Crippen LogP contribution is 2.28. The Balaban J connectivity index is 1.68. The highest BCUT2D eigenvalue weighted by Gasteiger charge is 2.36. The minimum Gasteiger partial charge on any atom is -0.508 e. The van der Waals surface area contributed by atoms with Gasteiger partial charge in [0.05, 0.1) is 30.1 Å². The first-order chi connectivity index (χ1) is 42.7. The van der Waals surface area contributed by atoms with Gasteiger partial charge >= 0.3 is 18.0 Å². The Labute approximate surface area is 546 Å². The number of phenols is 1. The Morgan fingerprint density at radius 1 is 0.522 bits per heavy atom. The molecule has 21 heteroatoms. The van der Waals surface area contributed by atoms with Gasteiger partial charge in [0, 0.05) is 80.2 Å². The molecule has 7 atom stereocenters. The first-order valence-corrected chi connectivity index (χ1v) is 32.9. The van der Waals surface area contributed by atoms with E-state index in [1.807, 2.05) is 27.0 Å². The summed E-state index contributed by atoms with van der Waals surface area (Å²) in [5.41, 5.74) is -0.825. The third-order valence-corrected chi connectivity index (χ3v) is 15.4. The first-order valence-electron chi connectivity index (χ1n) is 31.5. The summed E-state index contributed by atoms with van der Waals surface area (Å²) >= 11 is 1.39. The third kappa shape index (κ3) is 27.3. The van der Waals surface area contributed by atoms with Crippen molar-refractivity contribution in [3.05, 3.63) is 95.7 Å². The zero-order chi connectivity index (χ0) is 69.1. The number of ketones is 5. The number of nitrogens with one attached hydrogen (secondary N) is 3. The molecule has 0 saturated carbocycles. The normalized spacial score (nSPS) is 14.3. The summed E-state index contributed by atoms with van der Waals surface area (Å²) in [5, 5.41) is 18.8. The van der Waals surface area contributed by atoms with E-state index in [9.17, 15) is 53.1 Å². The van der Waals surface area contributed by atoms with Crippen molar-refractivity contribution in [3.8, 4) is 11.5 Å². The zero-order valence-electron chi connectivity index (χ0n) is 56.7. The molecular weight excluding hydrogens is 1200 g/mol. The molecule has 3 amide bonds. The summed E-state index contributed by atoms with van der Waals surface area (Å²) in [5.74, 6) is -8.17. The van der Waals surface area contributed by atoms with Crippen LogP contribution in [0.15, 0.2) is 79.0 Å². The number of carbonyl (C=O) groups is 11. The van der Waals surface area contributed by atoms with E-state index in [1.165, 1.54) is 41.6 Å². The molecule has 92 heavy (non-hydrogen) atoms. The smallest absolute Gasteiger partial charge is 0.419 e. The second-order valence-electron chi connectivity index (χ2n) is 27.9. The van der Waals surface area contributed by atoms with E-state index >= 15 is 4.79 Å². The average Bonchev–Trinajstić information content (AvgIpc) is 1.64. The molecule has 3 aromatic carbocycles. The van der Waals surface area contributed by atoms with Crippen LogP contribution in [0.3, 0.4) is 0 Å². The van der Waals surface area contributed by atoms with Crippen molar-refractivity contribution in [3.63, 3.8) is 0 Å². The molecule has 0 aliphatic rings. The molecule has 0 bridgehead atoms. The highest BCUT2D eigenvalue weighted by molar-refractivity contribution is 7.98. The lowest BCUT2D eigenvalue weighted by Crippen LogP contribution is -2.48. The van der Waals surface area contributed by atoms with Crippen LogP contribution in [0.1, 0.15) is 178 Å². The molecule has 0 spiro atoms. The standard InChI is InChI=1S/C71H98N4O16S/c1-43(21-32-63(83)89-69(7,8)9)59(79)35-44(2)65(85)73-54(37-47-24-28-52(29-25-47)88-68(4,5)6)58(78)30-31-62(82)72-55(38-50-42-75(67(87)91-71(13,14)15)57-20-18-17-19-53(50)57)60(80)39-48(33-34-92-16)66(86)74-56(41-64(84)90-70(10,11)12)61(81)40-49(45(3)76)36-46-22-26-51(77)27-23-46/h17-20,22-29,42-44,48-49,54-56,77H,21,30-41H2,1-16H3,(H,72,82)(H,73,85)(H,74,86). The Hall–Kier alpha value is -7.68. The number of thioether (sulfide) groups is 1. The summed E-state index contributed by atoms with van der Waals surface area (Å²) < 4.78 is 24.0. The van der Waals surface area contributed by atoms with Crippen LogP contribution in [0.2, 0.25) is 0 Å². The van der Waals surface area contributed by atoms with Gasteiger partial charge in [-0.05, 0) is 175 Å². The van der Waals surface area contributed by atoms with Crippen LogP contribution in [0.5, 0.6) is 11.5 Å². The van der Waals surface area contributed by atoms with E-state index in [4.69, 9.17) is 18.9 Å². The molecule has 0 radical (unpaired) electrons. The number of fused-ring (bicyclic) bond motifs is 1. The molecule has 0 aliphatic carbocycles. The Kier molecular flexibility index (Phi) is 28.6. The number of nitrogens with zero attached hydrogens (tertiary/aromatic N) is 1. The largest absolute Gasteiger partial charge is 0.508 e. The van der Waals surface area contributed by atoms with Crippen molar-refractivity contribution in [2.45, 2.75) is 221 Å². The van der Waals surface area contributed by atoms with Crippen LogP contribution in [-0.4, -0.2) is 127 Å². The topological polar surface area (TPSA) is 286 Å². The number of amides is 3. The number of aromatic hydroxyl groups is 1. The molecule has 20 nitrogen and oxygen atoms in total. The molecule has 4 N–H and O–H groups in total. The van der Waals surface area contributed by atoms with Gasteiger partial charge in [-0.2, -0.15) is 11.8 Å². The number of hydrogen-bond acceptors (Lipinski definition) is 17. The molecule has 4 rings (SSSR count). The van der Waals surface area contributed by atoms with E-state index in [1.54, 1.807) is 137 Å². The van der Waals surface area contributed by atoms with Crippen LogP contribution in [0, 0.1) is 23.7 Å². The maximum absolute atomic E-state index is 15.1. The molecular formula is C71H98N4O16S. The van der Waals surface area contributed by atoms with Crippen molar-refractivity contribution >= 4 is 87.3 Å². The molecule has 1 aromatic heterocycles. The Morgan fingerprint density at radius 3 is 1.65 bits per heavy atom. The fourth-order valence-corrected chi connectivity index (χ4v) is 10.6. The number of ether oxygens (including phenoxy) is 4. The van der Waals surface area contributed by atoms with Gasteiger partial charge in [0.15, 0.2) is 17.3 Å². The maximum atomic E-state index is 15.1. The number of carbonyl (C=O) groups excluding carboxylic acids is 11. The Morgan fingerprint density at radius 2 is 1.07 bits per heavy atom. The monoisotopic (exact) mass is 1290 g/mol. The van der Waals surface area contributed by atoms with Gasteiger partial charge in [-0.25, -0.2) is 4.79 Å². The summed E-state index contributed by atoms with van der Waals surface area (Å²) in [6.07, 6.45) is 0.382. The van der Waals surface area contributed by atoms with Gasteiger partial charge in [0.2, 0.25) is 17.7 Å². The Bertz CT molecular complexity index is 3230.